The van der Waals surface area contributed by atoms with Crippen molar-refractivity contribution in [1.82, 2.24) is 9.88 Å². The molecule has 0 radical (unpaired) electrons. The fourth-order valence-corrected chi connectivity index (χ4v) is 6.58. The lowest BCUT2D eigenvalue weighted by Crippen LogP contribution is -2.44. The first kappa shape index (κ1) is 25.7. The van der Waals surface area contributed by atoms with E-state index >= 15 is 0 Å². The van der Waals surface area contributed by atoms with Crippen molar-refractivity contribution < 1.29 is 30.8 Å². The summed E-state index contributed by atoms with van der Waals surface area (Å²) in [7, 11) is -3.15. The van der Waals surface area contributed by atoms with Gasteiger partial charge in [-0.15, -0.1) is 12.4 Å². The van der Waals surface area contributed by atoms with Crippen LogP contribution in [0.3, 0.4) is 0 Å². The molecule has 1 aromatic heterocycles. The van der Waals surface area contributed by atoms with Gasteiger partial charge in [-0.1, -0.05) is 0 Å². The lowest BCUT2D eigenvalue weighted by Gasteiger charge is -2.40. The van der Waals surface area contributed by atoms with Gasteiger partial charge in [0.15, 0.2) is 9.84 Å². The Balaban J connectivity index is 0.00000289. The second kappa shape index (κ2) is 9.24. The third-order valence-electron chi connectivity index (χ3n) is 7.09. The molecule has 12 heteroatoms. The van der Waals surface area contributed by atoms with Gasteiger partial charge in [0.1, 0.15) is 11.5 Å². The van der Waals surface area contributed by atoms with Crippen LogP contribution in [0.25, 0.3) is 0 Å². The first-order chi connectivity index (χ1) is 16.0. The number of carbonyl (C=O) groups is 1. The topological polar surface area (TPSA) is 79.4 Å². The normalized spacial score (nSPS) is 22.8. The van der Waals surface area contributed by atoms with E-state index in [0.717, 1.165) is 48.9 Å². The molecule has 1 aliphatic heterocycles. The molecule has 6 nitrogen and oxygen atoms in total. The van der Waals surface area contributed by atoms with Crippen molar-refractivity contribution in [3.8, 4) is 0 Å². The molecule has 35 heavy (non-hydrogen) atoms. The molecule has 6 rings (SSSR count). The third-order valence-corrected chi connectivity index (χ3v) is 8.70. The number of rotatable bonds is 3. The van der Waals surface area contributed by atoms with Crippen LogP contribution in [-0.4, -0.2) is 48.8 Å². The van der Waals surface area contributed by atoms with Crippen LogP contribution >= 0.6 is 12.4 Å². The van der Waals surface area contributed by atoms with Crippen molar-refractivity contribution in [1.29, 1.82) is 0 Å². The van der Waals surface area contributed by atoms with Crippen molar-refractivity contribution in [2.75, 3.05) is 29.9 Å². The molecule has 1 aromatic carbocycles. The number of alkyl halides is 3. The molecule has 2 heterocycles. The highest BCUT2D eigenvalue weighted by atomic mass is 35.5. The third kappa shape index (κ3) is 4.84. The van der Waals surface area contributed by atoms with E-state index in [2.05, 4.69) is 10.3 Å². The zero-order valence-corrected chi connectivity index (χ0v) is 20.2. The predicted octanol–water partition coefficient (Wildman–Crippen LogP) is 5.03. The zero-order chi connectivity index (χ0) is 24.3. The first-order valence-electron chi connectivity index (χ1n) is 11.2. The molecule has 0 atom stereocenters. The zero-order valence-electron chi connectivity index (χ0n) is 18.6. The van der Waals surface area contributed by atoms with E-state index in [-0.39, 0.29) is 60.4 Å². The number of nitrogens with zero attached hydrogens (tertiary/aromatic N) is 2. The summed E-state index contributed by atoms with van der Waals surface area (Å²) in [6, 6.07) is 2.75. The average molecular weight is 534 g/mol. The molecule has 0 unspecified atom stereocenters. The number of amides is 1. The van der Waals surface area contributed by atoms with E-state index in [1.165, 1.54) is 17.2 Å². The number of hydrogen-bond donors (Lipinski definition) is 1. The van der Waals surface area contributed by atoms with Gasteiger partial charge >= 0.3 is 6.18 Å². The quantitative estimate of drug-likeness (QED) is 0.560. The smallest absolute Gasteiger partial charge is 0.354 e. The van der Waals surface area contributed by atoms with Crippen molar-refractivity contribution in [3.05, 3.63) is 52.6 Å². The molecule has 0 spiro atoms. The van der Waals surface area contributed by atoms with Gasteiger partial charge in [0.2, 0.25) is 0 Å². The summed E-state index contributed by atoms with van der Waals surface area (Å²) >= 11 is 0. The lowest BCUT2D eigenvalue weighted by molar-refractivity contribution is -0.139. The van der Waals surface area contributed by atoms with Crippen LogP contribution in [0, 0.1) is 5.82 Å². The Morgan fingerprint density at radius 2 is 1.63 bits per heavy atom. The Morgan fingerprint density at radius 3 is 2.23 bits per heavy atom. The molecular weight excluding hydrogens is 510 g/mol. The monoisotopic (exact) mass is 533 g/mol. The second-order valence-corrected chi connectivity index (χ2v) is 11.5. The standard InChI is InChI=1S/C23H23F4N3O3S.ClH/c24-17-6-5-15(11-16(17)23(25,26)27)29-18-12-28-21(20-14-3-1-13(2-4-14)19(18)20)22(31)30-7-9-34(32,33)10-8-30;/h5-6,11-14,29H,1-4,7-10H2;1H. The highest BCUT2D eigenvalue weighted by Gasteiger charge is 2.40. The molecule has 2 aromatic rings. The summed E-state index contributed by atoms with van der Waals surface area (Å²) in [6.07, 6.45) is 0.228. The van der Waals surface area contributed by atoms with E-state index < -0.39 is 27.4 Å². The number of benzene rings is 1. The van der Waals surface area contributed by atoms with Crippen LogP contribution in [-0.2, 0) is 16.0 Å². The highest BCUT2D eigenvalue weighted by Crippen LogP contribution is 2.53. The van der Waals surface area contributed by atoms with Gasteiger partial charge in [-0.05, 0) is 66.8 Å². The van der Waals surface area contributed by atoms with Crippen molar-refractivity contribution in [3.63, 3.8) is 0 Å². The number of halogens is 5. The Bertz CT molecular complexity index is 1250. The maximum Gasteiger partial charge on any atom is 0.419 e. The Morgan fingerprint density at radius 1 is 1.03 bits per heavy atom. The van der Waals surface area contributed by atoms with Gasteiger partial charge in [-0.25, -0.2) is 17.8 Å². The van der Waals surface area contributed by atoms with E-state index in [0.29, 0.717) is 11.4 Å². The summed E-state index contributed by atoms with van der Waals surface area (Å²) < 4.78 is 76.8. The summed E-state index contributed by atoms with van der Waals surface area (Å²) in [5.74, 6) is -1.58. The molecule has 1 saturated carbocycles. The second-order valence-electron chi connectivity index (χ2n) is 9.16. The van der Waals surface area contributed by atoms with Gasteiger partial charge in [-0.2, -0.15) is 13.2 Å². The summed E-state index contributed by atoms with van der Waals surface area (Å²) in [4.78, 5) is 19.2. The predicted molar refractivity (Wildman–Crippen MR) is 125 cm³/mol. The van der Waals surface area contributed by atoms with Gasteiger partial charge in [0.25, 0.3) is 5.91 Å². The summed E-state index contributed by atoms with van der Waals surface area (Å²) in [6.45, 7) is 0.225. The molecule has 1 amide bonds. The fraction of sp³-hybridized carbons (Fsp3) is 0.478. The minimum absolute atomic E-state index is 0. The molecular formula is C23H24ClF4N3O3S. The molecule has 190 valence electrons. The van der Waals surface area contributed by atoms with Gasteiger partial charge in [0.05, 0.1) is 29.0 Å². The van der Waals surface area contributed by atoms with Crippen LogP contribution in [0.1, 0.15) is 64.7 Å². The highest BCUT2D eigenvalue weighted by molar-refractivity contribution is 7.91. The number of aromatic nitrogens is 1. The van der Waals surface area contributed by atoms with E-state index in [1.807, 2.05) is 0 Å². The molecule has 3 aliphatic carbocycles. The fourth-order valence-electron chi connectivity index (χ4n) is 5.38. The Kier molecular flexibility index (Phi) is 6.78. The molecule has 4 aliphatic rings. The number of pyridine rings is 1. The van der Waals surface area contributed by atoms with Crippen LogP contribution in [0.2, 0.25) is 0 Å². The van der Waals surface area contributed by atoms with E-state index in [4.69, 9.17) is 0 Å². The number of carbonyl (C=O) groups excluding carboxylic acids is 1. The molecule has 2 bridgehead atoms. The Labute approximate surface area is 206 Å². The van der Waals surface area contributed by atoms with Crippen LogP contribution < -0.4 is 5.32 Å². The number of fused-ring (bicyclic) bond motifs is 2. The molecule has 2 fully saturated rings. The number of anilines is 2. The lowest BCUT2D eigenvalue weighted by atomic mass is 9.66. The maximum absolute atomic E-state index is 13.7. The average Bonchev–Trinajstić information content (AvgIpc) is 2.80. The minimum Gasteiger partial charge on any atom is -0.354 e. The van der Waals surface area contributed by atoms with Gasteiger partial charge in [0, 0.05) is 18.8 Å². The van der Waals surface area contributed by atoms with Crippen molar-refractivity contribution in [2.45, 2.75) is 43.7 Å². The minimum atomic E-state index is -4.82. The number of nitrogens with one attached hydrogen (secondary N) is 1. The summed E-state index contributed by atoms with van der Waals surface area (Å²) in [5, 5.41) is 2.98. The Hall–Kier alpha value is -2.40. The van der Waals surface area contributed by atoms with Crippen LogP contribution in [0.15, 0.2) is 24.4 Å². The summed E-state index contributed by atoms with van der Waals surface area (Å²) in [5.41, 5.74) is 1.23. The SMILES string of the molecule is Cl.O=C(c1ncc(Nc2ccc(F)c(C(F)(F)F)c2)c2c1C1CCC2CC1)N1CCS(=O)(=O)CC1. The van der Waals surface area contributed by atoms with E-state index in [9.17, 15) is 30.8 Å². The van der Waals surface area contributed by atoms with Gasteiger partial charge < -0.3 is 10.2 Å². The molecule has 1 N–H and O–H groups in total. The number of hydrogen-bond acceptors (Lipinski definition) is 5. The van der Waals surface area contributed by atoms with E-state index in [1.54, 1.807) is 0 Å². The van der Waals surface area contributed by atoms with Crippen LogP contribution in [0.5, 0.6) is 0 Å². The van der Waals surface area contributed by atoms with Crippen molar-refractivity contribution >= 4 is 39.5 Å². The first-order valence-corrected chi connectivity index (χ1v) is 13.0. The van der Waals surface area contributed by atoms with Gasteiger partial charge in [-0.3, -0.25) is 4.79 Å². The largest absolute Gasteiger partial charge is 0.419 e. The molecule has 1 saturated heterocycles. The number of sulfone groups is 1. The van der Waals surface area contributed by atoms with Crippen molar-refractivity contribution in [2.24, 2.45) is 0 Å². The maximum atomic E-state index is 13.7. The van der Waals surface area contributed by atoms with Crippen LogP contribution in [0.4, 0.5) is 28.9 Å².